The van der Waals surface area contributed by atoms with Crippen LogP contribution in [0.5, 0.6) is 5.75 Å². The molecular formula is C27H38O7. The molecule has 0 amide bonds. The zero-order chi connectivity index (χ0) is 23.2. The number of aliphatic hydroxyl groups excluding tert-OH is 1. The Bertz CT molecular complexity index is 760. The van der Waals surface area contributed by atoms with E-state index in [0.29, 0.717) is 13.0 Å². The Kier molecular flexibility index (Phi) is 8.53. The van der Waals surface area contributed by atoms with Crippen molar-refractivity contribution in [3.05, 3.63) is 42.5 Å². The Morgan fingerprint density at radius 2 is 1.74 bits per heavy atom. The van der Waals surface area contributed by atoms with Crippen LogP contribution < -0.4 is 4.74 Å². The number of para-hydroxylation sites is 1. The second-order valence-corrected chi connectivity index (χ2v) is 9.79. The van der Waals surface area contributed by atoms with Gasteiger partial charge in [0.25, 0.3) is 0 Å². The predicted octanol–water partition coefficient (Wildman–Crippen LogP) is 4.19. The lowest BCUT2D eigenvalue weighted by Gasteiger charge is -2.30. The van der Waals surface area contributed by atoms with Crippen LogP contribution in [0, 0.1) is 11.8 Å². The van der Waals surface area contributed by atoms with E-state index in [2.05, 4.69) is 12.2 Å². The van der Waals surface area contributed by atoms with E-state index < -0.39 is 6.29 Å². The smallest absolute Gasteiger partial charge is 0.158 e. The third-order valence-corrected chi connectivity index (χ3v) is 7.31. The van der Waals surface area contributed by atoms with Gasteiger partial charge in [-0.25, -0.2) is 0 Å². The van der Waals surface area contributed by atoms with Crippen LogP contribution in [0.4, 0.5) is 0 Å². The molecule has 4 aliphatic rings. The van der Waals surface area contributed by atoms with Crippen molar-refractivity contribution in [1.29, 1.82) is 0 Å². The summed E-state index contributed by atoms with van der Waals surface area (Å²) in [7, 11) is 0. The Hall–Kier alpha value is -1.48. The van der Waals surface area contributed by atoms with E-state index in [-0.39, 0.29) is 42.7 Å². The average molecular weight is 475 g/mol. The number of fused-ring (bicyclic) bond motifs is 1. The van der Waals surface area contributed by atoms with Gasteiger partial charge < -0.3 is 33.5 Å². The minimum atomic E-state index is -0.693. The average Bonchev–Trinajstić information content (AvgIpc) is 3.38. The first kappa shape index (κ1) is 24.2. The Morgan fingerprint density at radius 1 is 0.971 bits per heavy atom. The molecule has 34 heavy (non-hydrogen) atoms. The maximum atomic E-state index is 10.1. The molecule has 8 atom stereocenters. The minimum Gasteiger partial charge on any atom is -0.491 e. The third kappa shape index (κ3) is 6.39. The van der Waals surface area contributed by atoms with Gasteiger partial charge in [-0.2, -0.15) is 0 Å². The molecular weight excluding hydrogens is 436 g/mol. The highest BCUT2D eigenvalue weighted by Gasteiger charge is 2.49. The van der Waals surface area contributed by atoms with Crippen molar-refractivity contribution in [2.24, 2.45) is 11.8 Å². The van der Waals surface area contributed by atoms with Crippen molar-refractivity contribution in [3.63, 3.8) is 0 Å². The Balaban J connectivity index is 1.27. The van der Waals surface area contributed by atoms with Gasteiger partial charge in [0.05, 0.1) is 12.2 Å². The van der Waals surface area contributed by atoms with Crippen molar-refractivity contribution in [2.45, 2.75) is 88.5 Å². The molecule has 1 aromatic carbocycles. The molecule has 3 unspecified atom stereocenters. The molecule has 1 aliphatic carbocycles. The summed E-state index contributed by atoms with van der Waals surface area (Å²) in [5, 5.41) is 10.1. The highest BCUT2D eigenvalue weighted by Crippen LogP contribution is 2.45. The minimum absolute atomic E-state index is 0.00322. The normalized spacial score (nSPS) is 37.0. The van der Waals surface area contributed by atoms with Crippen molar-refractivity contribution in [2.75, 3.05) is 19.8 Å². The summed E-state index contributed by atoms with van der Waals surface area (Å²) in [6, 6.07) is 9.80. The molecule has 1 N–H and O–H groups in total. The van der Waals surface area contributed by atoms with Gasteiger partial charge in [-0.3, -0.25) is 0 Å². The third-order valence-electron chi connectivity index (χ3n) is 7.31. The van der Waals surface area contributed by atoms with Crippen molar-refractivity contribution >= 4 is 0 Å². The molecule has 3 aliphatic heterocycles. The lowest BCUT2D eigenvalue weighted by molar-refractivity contribution is -0.196. The van der Waals surface area contributed by atoms with Crippen LogP contribution in [0.15, 0.2) is 42.5 Å². The number of rotatable bonds is 9. The van der Waals surface area contributed by atoms with E-state index in [9.17, 15) is 5.11 Å². The Morgan fingerprint density at radius 3 is 2.47 bits per heavy atom. The molecule has 188 valence electrons. The maximum absolute atomic E-state index is 10.1. The summed E-state index contributed by atoms with van der Waals surface area (Å²) in [5.74, 6) is 1.17. The molecule has 5 rings (SSSR count). The summed E-state index contributed by atoms with van der Waals surface area (Å²) in [5.41, 5.74) is 0. The van der Waals surface area contributed by atoms with Crippen LogP contribution in [-0.4, -0.2) is 62.1 Å². The van der Waals surface area contributed by atoms with E-state index in [1.54, 1.807) is 0 Å². The van der Waals surface area contributed by atoms with Crippen molar-refractivity contribution in [3.8, 4) is 5.75 Å². The lowest BCUT2D eigenvalue weighted by Crippen LogP contribution is -2.32. The van der Waals surface area contributed by atoms with Crippen molar-refractivity contribution in [1.82, 2.24) is 0 Å². The van der Waals surface area contributed by atoms with Gasteiger partial charge in [0.15, 0.2) is 18.9 Å². The van der Waals surface area contributed by atoms with Crippen LogP contribution in [0.1, 0.15) is 51.4 Å². The molecule has 3 saturated heterocycles. The number of hydrogen-bond donors (Lipinski definition) is 1. The summed E-state index contributed by atoms with van der Waals surface area (Å²) in [6.45, 7) is 1.89. The topological polar surface area (TPSA) is 75.6 Å². The second kappa shape index (κ2) is 12.0. The first-order valence-corrected chi connectivity index (χ1v) is 13.0. The maximum Gasteiger partial charge on any atom is 0.158 e. The van der Waals surface area contributed by atoms with Gasteiger partial charge in [0.2, 0.25) is 0 Å². The molecule has 3 heterocycles. The zero-order valence-corrected chi connectivity index (χ0v) is 19.8. The van der Waals surface area contributed by atoms with Crippen LogP contribution in [-0.2, 0) is 23.7 Å². The molecule has 0 spiro atoms. The van der Waals surface area contributed by atoms with Gasteiger partial charge in [-0.15, -0.1) is 0 Å². The summed E-state index contributed by atoms with van der Waals surface area (Å²) >= 11 is 0. The quantitative estimate of drug-likeness (QED) is 0.538. The van der Waals surface area contributed by atoms with E-state index in [0.717, 1.165) is 63.9 Å². The highest BCUT2D eigenvalue weighted by molar-refractivity contribution is 5.21. The molecule has 0 radical (unpaired) electrons. The highest BCUT2D eigenvalue weighted by atomic mass is 16.7. The van der Waals surface area contributed by atoms with Gasteiger partial charge in [-0.05, 0) is 56.6 Å². The largest absolute Gasteiger partial charge is 0.491 e. The lowest BCUT2D eigenvalue weighted by atomic mass is 9.91. The molecule has 1 saturated carbocycles. The van der Waals surface area contributed by atoms with Gasteiger partial charge in [0.1, 0.15) is 18.5 Å². The van der Waals surface area contributed by atoms with Crippen LogP contribution in [0.25, 0.3) is 0 Å². The molecule has 7 nitrogen and oxygen atoms in total. The molecule has 7 heteroatoms. The van der Waals surface area contributed by atoms with E-state index in [1.807, 2.05) is 30.3 Å². The molecule has 1 aromatic rings. The van der Waals surface area contributed by atoms with Crippen LogP contribution in [0.3, 0.4) is 0 Å². The van der Waals surface area contributed by atoms with Gasteiger partial charge in [0, 0.05) is 32.0 Å². The first-order chi connectivity index (χ1) is 16.7. The van der Waals surface area contributed by atoms with E-state index >= 15 is 0 Å². The summed E-state index contributed by atoms with van der Waals surface area (Å²) < 4.78 is 36.2. The fourth-order valence-electron chi connectivity index (χ4n) is 5.57. The number of benzene rings is 1. The predicted molar refractivity (Wildman–Crippen MR) is 125 cm³/mol. The first-order valence-electron chi connectivity index (χ1n) is 13.0. The standard InChI is InChI=1S/C27H38O7/c28-25-16-22-21(23(17-24(22)33-25)34-27-11-5-7-15-30-27)13-12-20(32-26-10-4-6-14-29-26)18-31-19-8-2-1-3-9-19/h1-3,8-9,12-13,20-28H,4-7,10-11,14-18H2/b13-12+/t20-,21-,22-,23-,24+,25?,26?,27?/m1/s1. The number of hydrogen-bond acceptors (Lipinski definition) is 7. The molecule has 0 aromatic heterocycles. The van der Waals surface area contributed by atoms with E-state index in [4.69, 9.17) is 28.4 Å². The SMILES string of the molecule is OC1C[C@@H]2[C@@H](/C=C/[C@H](COc3ccccc3)OC3CCCCO3)[C@H](OC3CCCCO3)C[C@@H]2O1. The fraction of sp³-hybridized carbons (Fsp3) is 0.704. The van der Waals surface area contributed by atoms with Gasteiger partial charge in [-0.1, -0.05) is 30.4 Å². The summed E-state index contributed by atoms with van der Waals surface area (Å²) in [6.07, 6.45) is 10.7. The second-order valence-electron chi connectivity index (χ2n) is 9.79. The van der Waals surface area contributed by atoms with Crippen LogP contribution >= 0.6 is 0 Å². The van der Waals surface area contributed by atoms with Crippen LogP contribution in [0.2, 0.25) is 0 Å². The van der Waals surface area contributed by atoms with Crippen molar-refractivity contribution < 1.29 is 33.5 Å². The molecule has 4 fully saturated rings. The number of ether oxygens (including phenoxy) is 6. The van der Waals surface area contributed by atoms with E-state index in [1.165, 1.54) is 0 Å². The summed E-state index contributed by atoms with van der Waals surface area (Å²) in [4.78, 5) is 0. The fourth-order valence-corrected chi connectivity index (χ4v) is 5.57. The monoisotopic (exact) mass is 474 g/mol. The Labute approximate surface area is 202 Å². The number of aliphatic hydroxyl groups is 1. The zero-order valence-electron chi connectivity index (χ0n) is 19.8. The molecule has 0 bridgehead atoms. The van der Waals surface area contributed by atoms with Gasteiger partial charge >= 0.3 is 0 Å².